The van der Waals surface area contributed by atoms with Crippen LogP contribution in [-0.2, 0) is 17.6 Å². The number of hydrogen-bond donors (Lipinski definition) is 2. The summed E-state index contributed by atoms with van der Waals surface area (Å²) in [7, 11) is 0. The van der Waals surface area contributed by atoms with E-state index >= 15 is 0 Å². The third-order valence-corrected chi connectivity index (χ3v) is 3.75. The molecule has 110 valence electrons. The molecule has 0 fully saturated rings. The number of carbonyl (C=O) groups excluding carboxylic acids is 1. The molecule has 0 aromatic heterocycles. The molecule has 0 bridgehead atoms. The molecule has 0 saturated carbocycles. The normalized spacial score (nSPS) is 18.3. The minimum absolute atomic E-state index is 0.0806. The molecule has 1 aromatic carbocycles. The number of fused-ring (bicyclic) bond motifs is 1. The molecule has 2 rings (SSSR count). The zero-order valence-electron chi connectivity index (χ0n) is 12.1. The maximum absolute atomic E-state index is 11.8. The predicted molar refractivity (Wildman–Crippen MR) is 81.0 cm³/mol. The number of hydrogen-bond acceptors (Lipinski definition) is 3. The van der Waals surface area contributed by atoms with Crippen LogP contribution in [0.25, 0.3) is 0 Å². The summed E-state index contributed by atoms with van der Waals surface area (Å²) in [4.78, 5) is 11.8. The zero-order chi connectivity index (χ0) is 14.9. The molecular formula is C15H21ClN2O2. The van der Waals surface area contributed by atoms with Crippen LogP contribution in [0.2, 0.25) is 5.02 Å². The average molecular weight is 297 g/mol. The second-order valence-corrected chi connectivity index (χ2v) is 6.57. The maximum Gasteiger partial charge on any atom is 0.407 e. The van der Waals surface area contributed by atoms with E-state index in [4.69, 9.17) is 22.1 Å². The fourth-order valence-corrected chi connectivity index (χ4v) is 2.70. The summed E-state index contributed by atoms with van der Waals surface area (Å²) in [6.07, 6.45) is 2.05. The number of benzene rings is 1. The van der Waals surface area contributed by atoms with Crippen LogP contribution in [0.5, 0.6) is 0 Å². The molecule has 1 amide bonds. The lowest BCUT2D eigenvalue weighted by molar-refractivity contribution is 0.0500. The molecule has 0 unspecified atom stereocenters. The Morgan fingerprint density at radius 2 is 2.15 bits per heavy atom. The highest BCUT2D eigenvalue weighted by atomic mass is 35.5. The van der Waals surface area contributed by atoms with E-state index in [1.54, 1.807) is 0 Å². The Bertz CT molecular complexity index is 523. The second kappa shape index (κ2) is 5.52. The first kappa shape index (κ1) is 15.0. The second-order valence-electron chi connectivity index (χ2n) is 6.19. The zero-order valence-corrected chi connectivity index (χ0v) is 12.9. The topological polar surface area (TPSA) is 64.3 Å². The lowest BCUT2D eigenvalue weighted by Crippen LogP contribution is -2.41. The first-order chi connectivity index (χ1) is 9.26. The van der Waals surface area contributed by atoms with Gasteiger partial charge in [-0.2, -0.15) is 0 Å². The van der Waals surface area contributed by atoms with Crippen molar-refractivity contribution in [1.29, 1.82) is 0 Å². The number of ether oxygens (including phenoxy) is 1. The molecular weight excluding hydrogens is 276 g/mol. The molecule has 1 aliphatic rings. The van der Waals surface area contributed by atoms with Gasteiger partial charge in [-0.25, -0.2) is 4.79 Å². The Morgan fingerprint density at radius 3 is 2.80 bits per heavy atom. The molecule has 20 heavy (non-hydrogen) atoms. The van der Waals surface area contributed by atoms with Crippen molar-refractivity contribution in [3.05, 3.63) is 28.3 Å². The van der Waals surface area contributed by atoms with Gasteiger partial charge in [-0.3, -0.25) is 0 Å². The number of nitrogens with two attached hydrogens (primary N) is 1. The lowest BCUT2D eigenvalue weighted by atomic mass is 9.88. The minimum atomic E-state index is -0.478. The smallest absolute Gasteiger partial charge is 0.407 e. The molecule has 5 heteroatoms. The van der Waals surface area contributed by atoms with Crippen molar-refractivity contribution in [2.24, 2.45) is 0 Å². The third-order valence-electron chi connectivity index (χ3n) is 3.30. The summed E-state index contributed by atoms with van der Waals surface area (Å²) >= 11 is 6.21. The van der Waals surface area contributed by atoms with Gasteiger partial charge in [0.05, 0.1) is 10.7 Å². The van der Waals surface area contributed by atoms with Gasteiger partial charge in [0.25, 0.3) is 0 Å². The van der Waals surface area contributed by atoms with Crippen molar-refractivity contribution in [1.82, 2.24) is 5.32 Å². The summed E-state index contributed by atoms with van der Waals surface area (Å²) in [6.45, 7) is 5.56. The molecule has 3 N–H and O–H groups in total. The van der Waals surface area contributed by atoms with E-state index in [1.165, 1.54) is 0 Å². The summed E-state index contributed by atoms with van der Waals surface area (Å²) < 4.78 is 5.28. The maximum atomic E-state index is 11.8. The van der Waals surface area contributed by atoms with E-state index in [-0.39, 0.29) is 12.1 Å². The number of nitrogens with one attached hydrogen (secondary N) is 1. The Morgan fingerprint density at radius 1 is 1.45 bits per heavy atom. The highest BCUT2D eigenvalue weighted by Gasteiger charge is 2.24. The van der Waals surface area contributed by atoms with Crippen LogP contribution in [0.1, 0.15) is 38.3 Å². The monoisotopic (exact) mass is 296 g/mol. The summed E-state index contributed by atoms with van der Waals surface area (Å²) in [5.74, 6) is 0. The molecule has 1 atom stereocenters. The number of amides is 1. The number of halogens is 1. The van der Waals surface area contributed by atoms with E-state index in [1.807, 2.05) is 32.9 Å². The van der Waals surface area contributed by atoms with Gasteiger partial charge in [0, 0.05) is 6.04 Å². The van der Waals surface area contributed by atoms with Crippen LogP contribution in [-0.4, -0.2) is 17.7 Å². The summed E-state index contributed by atoms with van der Waals surface area (Å²) in [6, 6.07) is 3.88. The van der Waals surface area contributed by atoms with Crippen molar-refractivity contribution in [3.8, 4) is 0 Å². The Hall–Kier alpha value is -1.42. The number of nitrogen functional groups attached to an aromatic ring is 1. The molecule has 0 radical (unpaired) electrons. The van der Waals surface area contributed by atoms with E-state index in [9.17, 15) is 4.79 Å². The van der Waals surface area contributed by atoms with Crippen molar-refractivity contribution in [2.45, 2.75) is 51.7 Å². The van der Waals surface area contributed by atoms with Crippen molar-refractivity contribution >= 4 is 23.4 Å². The van der Waals surface area contributed by atoms with Gasteiger partial charge in [0.2, 0.25) is 0 Å². The molecule has 0 heterocycles. The van der Waals surface area contributed by atoms with Crippen LogP contribution < -0.4 is 11.1 Å². The van der Waals surface area contributed by atoms with Crippen molar-refractivity contribution < 1.29 is 9.53 Å². The first-order valence-electron chi connectivity index (χ1n) is 6.81. The SMILES string of the molecule is CC(C)(C)OC(=O)N[C@H]1CCc2c(ccc(N)c2Cl)C1. The molecule has 4 nitrogen and oxygen atoms in total. The summed E-state index contributed by atoms with van der Waals surface area (Å²) in [5.41, 5.74) is 8.20. The number of carbonyl (C=O) groups is 1. The number of alkyl carbamates (subject to hydrolysis) is 1. The molecule has 1 aliphatic carbocycles. The summed E-state index contributed by atoms with van der Waals surface area (Å²) in [5, 5.41) is 3.57. The van der Waals surface area contributed by atoms with E-state index in [0.717, 1.165) is 30.4 Å². The standard InChI is InChI=1S/C15H21ClN2O2/c1-15(2,3)20-14(19)18-10-5-6-11-9(8-10)4-7-12(17)13(11)16/h4,7,10H,5-6,8,17H2,1-3H3,(H,18,19)/t10-/m0/s1. The third kappa shape index (κ3) is 3.57. The van der Waals surface area contributed by atoms with Crippen molar-refractivity contribution in [2.75, 3.05) is 5.73 Å². The van der Waals surface area contributed by atoms with E-state index in [2.05, 4.69) is 5.32 Å². The number of anilines is 1. The predicted octanol–water partition coefficient (Wildman–Crippen LogP) is 3.30. The van der Waals surface area contributed by atoms with Gasteiger partial charge in [0.1, 0.15) is 5.60 Å². The van der Waals surface area contributed by atoms with Crippen LogP contribution in [0, 0.1) is 0 Å². The Kier molecular flexibility index (Phi) is 4.14. The van der Waals surface area contributed by atoms with Gasteiger partial charge >= 0.3 is 6.09 Å². The van der Waals surface area contributed by atoms with Gasteiger partial charge < -0.3 is 15.8 Å². The molecule has 0 spiro atoms. The van der Waals surface area contributed by atoms with Gasteiger partial charge in [-0.15, -0.1) is 0 Å². The molecule has 0 saturated heterocycles. The van der Waals surface area contributed by atoms with Gasteiger partial charge in [-0.1, -0.05) is 17.7 Å². The van der Waals surface area contributed by atoms with Crippen LogP contribution >= 0.6 is 11.6 Å². The largest absolute Gasteiger partial charge is 0.444 e. The fourth-order valence-electron chi connectivity index (χ4n) is 2.42. The van der Waals surface area contributed by atoms with Crippen LogP contribution in [0.15, 0.2) is 12.1 Å². The van der Waals surface area contributed by atoms with Crippen molar-refractivity contribution in [3.63, 3.8) is 0 Å². The number of rotatable bonds is 1. The van der Waals surface area contributed by atoms with Crippen LogP contribution in [0.4, 0.5) is 10.5 Å². The highest BCUT2D eigenvalue weighted by Crippen LogP contribution is 2.32. The van der Waals surface area contributed by atoms with Gasteiger partial charge in [0.15, 0.2) is 0 Å². The molecule has 0 aliphatic heterocycles. The average Bonchev–Trinajstić information content (AvgIpc) is 2.31. The minimum Gasteiger partial charge on any atom is -0.444 e. The van der Waals surface area contributed by atoms with E-state index < -0.39 is 5.60 Å². The Labute approximate surface area is 124 Å². The quantitative estimate of drug-likeness (QED) is 0.782. The lowest BCUT2D eigenvalue weighted by Gasteiger charge is -2.28. The highest BCUT2D eigenvalue weighted by molar-refractivity contribution is 6.34. The van der Waals surface area contributed by atoms with E-state index in [0.29, 0.717) is 10.7 Å². The first-order valence-corrected chi connectivity index (χ1v) is 7.19. The van der Waals surface area contributed by atoms with Crippen LogP contribution in [0.3, 0.4) is 0 Å². The molecule has 1 aromatic rings. The van der Waals surface area contributed by atoms with Gasteiger partial charge in [-0.05, 0) is 57.2 Å². The fraction of sp³-hybridized carbons (Fsp3) is 0.533. The Balaban J connectivity index is 2.02.